The Hall–Kier alpha value is -1.15. The molecule has 7 nitrogen and oxygen atoms in total. The van der Waals surface area contributed by atoms with Crippen molar-refractivity contribution in [3.63, 3.8) is 0 Å². The fourth-order valence-electron chi connectivity index (χ4n) is 3.41. The van der Waals surface area contributed by atoms with Crippen molar-refractivity contribution in [2.45, 2.75) is 45.4 Å². The van der Waals surface area contributed by atoms with Crippen molar-refractivity contribution in [2.24, 2.45) is 5.92 Å². The number of aliphatic hydroxyl groups excluding tert-OH is 2. The third-order valence-electron chi connectivity index (χ3n) is 5.73. The number of ether oxygens (including phenoxy) is 2. The number of nitrogens with zero attached hydrogens (tertiary/aromatic N) is 3. The molecule has 1 heterocycles. The number of rotatable bonds is 12. The van der Waals surface area contributed by atoms with Gasteiger partial charge in [-0.2, -0.15) is 0 Å². The zero-order chi connectivity index (χ0) is 25.6. The molecule has 0 saturated carbocycles. The first kappa shape index (κ1) is 28.4. The van der Waals surface area contributed by atoms with E-state index in [0.29, 0.717) is 33.5 Å². The van der Waals surface area contributed by atoms with Crippen LogP contribution in [0.1, 0.15) is 37.6 Å². The summed E-state index contributed by atoms with van der Waals surface area (Å²) in [5.74, 6) is 2.43. The summed E-state index contributed by atoms with van der Waals surface area (Å²) in [6.45, 7) is 7.22. The second kappa shape index (κ2) is 12.9. The van der Waals surface area contributed by atoms with Crippen molar-refractivity contribution in [1.82, 2.24) is 15.0 Å². The van der Waals surface area contributed by atoms with Gasteiger partial charge in [0.25, 0.3) is 0 Å². The molecular weight excluding hydrogens is 692 g/mol. The maximum absolute atomic E-state index is 10.3. The molecule has 1 aromatic heterocycles. The van der Waals surface area contributed by atoms with Crippen LogP contribution in [-0.2, 0) is 18.6 Å². The van der Waals surface area contributed by atoms with Gasteiger partial charge >= 0.3 is 0 Å². The average molecular weight is 722 g/mol. The van der Waals surface area contributed by atoms with Crippen molar-refractivity contribution in [3.05, 3.63) is 66.6 Å². The molecule has 0 radical (unpaired) electrons. The largest absolute Gasteiger partial charge is 0.492 e. The molecule has 2 atom stereocenters. The van der Waals surface area contributed by atoms with Crippen LogP contribution in [0.4, 0.5) is 0 Å². The minimum atomic E-state index is -0.761. The molecule has 0 aliphatic rings. The molecule has 0 bridgehead atoms. The number of hydrogen-bond acceptors (Lipinski definition) is 6. The number of aliphatic hydroxyl groups is 2. The van der Waals surface area contributed by atoms with Gasteiger partial charge in [0, 0.05) is 17.2 Å². The van der Waals surface area contributed by atoms with Crippen molar-refractivity contribution in [1.29, 1.82) is 0 Å². The lowest BCUT2D eigenvalue weighted by Gasteiger charge is -2.27. The standard InChI is InChI=1S/C25H30ClI2N3O4/c1-16(11-26)14-35-23-9-6-18(10-21(23)27)25(2,3)17-4-7-20(8-5-17)34-15-19(33)12-31-24(28)22(13-32)29-30-31/h4-10,16,19,32-33H,11-15H2,1-3H3/t16-,19-/m1/s1/i27-4. The lowest BCUT2D eigenvalue weighted by Crippen LogP contribution is -2.25. The number of halogens is 3. The summed E-state index contributed by atoms with van der Waals surface area (Å²) in [4.78, 5) is 0. The van der Waals surface area contributed by atoms with Crippen molar-refractivity contribution in [2.75, 3.05) is 19.1 Å². The van der Waals surface area contributed by atoms with Crippen LogP contribution in [0.15, 0.2) is 42.5 Å². The number of hydrogen-bond donors (Lipinski definition) is 2. The van der Waals surface area contributed by atoms with Crippen LogP contribution in [0, 0.1) is 13.2 Å². The predicted octanol–water partition coefficient (Wildman–Crippen LogP) is 5.00. The summed E-state index contributed by atoms with van der Waals surface area (Å²) in [7, 11) is 0. The van der Waals surface area contributed by atoms with Gasteiger partial charge in [0.1, 0.15) is 33.6 Å². The van der Waals surface area contributed by atoms with E-state index in [1.165, 1.54) is 5.56 Å². The van der Waals surface area contributed by atoms with Crippen LogP contribution in [0.25, 0.3) is 0 Å². The fraction of sp³-hybridized carbons (Fsp3) is 0.440. The quantitative estimate of drug-likeness (QED) is 0.202. The molecule has 3 rings (SSSR count). The Labute approximate surface area is 238 Å². The van der Waals surface area contributed by atoms with Gasteiger partial charge in [-0.1, -0.05) is 44.2 Å². The summed E-state index contributed by atoms with van der Waals surface area (Å²) in [6.07, 6.45) is -0.761. The van der Waals surface area contributed by atoms with Gasteiger partial charge in [-0.15, -0.1) is 16.7 Å². The fourth-order valence-corrected chi connectivity index (χ4v) is 4.75. The Morgan fingerprint density at radius 3 is 2.40 bits per heavy atom. The number of aromatic nitrogens is 3. The van der Waals surface area contributed by atoms with E-state index < -0.39 is 6.10 Å². The highest BCUT2D eigenvalue weighted by Gasteiger charge is 2.24. The van der Waals surface area contributed by atoms with Crippen LogP contribution in [0.5, 0.6) is 11.5 Å². The van der Waals surface area contributed by atoms with Gasteiger partial charge < -0.3 is 19.7 Å². The van der Waals surface area contributed by atoms with Gasteiger partial charge in [0.05, 0.1) is 23.3 Å². The second-order valence-corrected chi connectivity index (χ2v) is 11.5. The highest BCUT2D eigenvalue weighted by Crippen LogP contribution is 2.35. The summed E-state index contributed by atoms with van der Waals surface area (Å²) in [5, 5.41) is 27.4. The minimum absolute atomic E-state index is 0.120. The Morgan fingerprint density at radius 1 is 1.11 bits per heavy atom. The summed E-state index contributed by atoms with van der Waals surface area (Å²) >= 11 is 10.3. The van der Waals surface area contributed by atoms with Gasteiger partial charge in [-0.05, 0) is 80.6 Å². The first-order chi connectivity index (χ1) is 16.6. The molecule has 190 valence electrons. The van der Waals surface area contributed by atoms with Crippen molar-refractivity contribution < 1.29 is 19.7 Å². The minimum Gasteiger partial charge on any atom is -0.492 e. The van der Waals surface area contributed by atoms with E-state index in [2.05, 4.69) is 101 Å². The van der Waals surface area contributed by atoms with Crippen LogP contribution < -0.4 is 9.47 Å². The summed E-state index contributed by atoms with van der Waals surface area (Å²) in [5.41, 5.74) is 2.62. The first-order valence-corrected chi connectivity index (χ1v) is 13.9. The number of benzene rings is 2. The van der Waals surface area contributed by atoms with E-state index in [1.54, 1.807) is 4.68 Å². The average Bonchev–Trinajstić information content (AvgIpc) is 3.20. The molecule has 2 N–H and O–H groups in total. The molecule has 0 spiro atoms. The molecule has 35 heavy (non-hydrogen) atoms. The van der Waals surface area contributed by atoms with Gasteiger partial charge in [-0.25, -0.2) is 4.68 Å². The molecule has 0 aliphatic heterocycles. The lowest BCUT2D eigenvalue weighted by atomic mass is 9.78. The topological polar surface area (TPSA) is 89.6 Å². The van der Waals surface area contributed by atoms with Crippen LogP contribution >= 0.6 is 56.8 Å². The monoisotopic (exact) mass is 721 g/mol. The summed E-state index contributed by atoms with van der Waals surface area (Å²) < 4.78 is 15.0. The highest BCUT2D eigenvalue weighted by atomic mass is 127. The SMILES string of the molecule is C[C@H](CCl)COc1ccc(C(C)(C)c2ccc(OC[C@H](O)Cn3nnc(CO)c3I)cc2)cc1[123I]. The zero-order valence-electron chi connectivity index (χ0n) is 19.9. The van der Waals surface area contributed by atoms with Crippen molar-refractivity contribution in [3.8, 4) is 11.5 Å². The highest BCUT2D eigenvalue weighted by molar-refractivity contribution is 14.1. The molecule has 0 saturated heterocycles. The molecule has 3 aromatic rings. The van der Waals surface area contributed by atoms with E-state index in [0.717, 1.165) is 14.9 Å². The Bertz CT molecular complexity index is 1110. The predicted molar refractivity (Wildman–Crippen MR) is 153 cm³/mol. The second-order valence-electron chi connectivity index (χ2n) is 9.00. The van der Waals surface area contributed by atoms with E-state index in [9.17, 15) is 10.2 Å². The molecule has 0 fully saturated rings. The molecule has 2 aromatic carbocycles. The normalized spacial score (nSPS) is 13.5. The van der Waals surface area contributed by atoms with E-state index >= 15 is 0 Å². The van der Waals surface area contributed by atoms with Gasteiger partial charge in [-0.3, -0.25) is 0 Å². The Morgan fingerprint density at radius 2 is 1.80 bits per heavy atom. The Kier molecular flexibility index (Phi) is 10.5. The van der Waals surface area contributed by atoms with Crippen molar-refractivity contribution >= 4 is 56.8 Å². The van der Waals surface area contributed by atoms with Crippen LogP contribution in [0.2, 0.25) is 0 Å². The van der Waals surface area contributed by atoms with Gasteiger partial charge in [0.2, 0.25) is 0 Å². The van der Waals surface area contributed by atoms with Gasteiger partial charge in [0.15, 0.2) is 0 Å². The lowest BCUT2D eigenvalue weighted by molar-refractivity contribution is 0.0881. The molecular formula is C25H30ClI2N3O4. The third-order valence-corrected chi connectivity index (χ3v) is 8.28. The molecule has 0 aliphatic carbocycles. The van der Waals surface area contributed by atoms with Crippen LogP contribution in [-0.4, -0.2) is 50.4 Å². The maximum atomic E-state index is 10.3. The van der Waals surface area contributed by atoms with E-state index in [4.69, 9.17) is 21.1 Å². The molecule has 0 amide bonds. The zero-order valence-corrected chi connectivity index (χ0v) is 25.0. The first-order valence-electron chi connectivity index (χ1n) is 11.2. The van der Waals surface area contributed by atoms with Crippen LogP contribution in [0.3, 0.4) is 0 Å². The Balaban J connectivity index is 1.60. The summed E-state index contributed by atoms with van der Waals surface area (Å²) in [6, 6.07) is 14.2. The van der Waals surface area contributed by atoms with E-state index in [-0.39, 0.29) is 25.2 Å². The smallest absolute Gasteiger partial charge is 0.132 e. The third kappa shape index (κ3) is 7.43. The number of alkyl halides is 1. The molecule has 10 heteroatoms. The maximum Gasteiger partial charge on any atom is 0.132 e. The molecule has 0 unspecified atom stereocenters. The van der Waals surface area contributed by atoms with E-state index in [1.807, 2.05) is 18.2 Å².